The first kappa shape index (κ1) is 13.5. The number of aliphatic hydroxyl groups excluding tert-OH is 1. The van der Waals surface area contributed by atoms with Gasteiger partial charge in [0, 0.05) is 17.6 Å². The van der Waals surface area contributed by atoms with Crippen molar-refractivity contribution in [2.24, 2.45) is 10.9 Å². The Balaban J connectivity index is 1.92. The Morgan fingerprint density at radius 1 is 1.30 bits per heavy atom. The predicted octanol–water partition coefficient (Wildman–Crippen LogP) is 1.93. The summed E-state index contributed by atoms with van der Waals surface area (Å²) in [6, 6.07) is 6.16. The van der Waals surface area contributed by atoms with E-state index in [4.69, 9.17) is 22.5 Å². The number of anilines is 1. The SMILES string of the molecule is NC(=NO)c1ccc(N2C3CCC2CC(O)C3)c(Cl)c1. The van der Waals surface area contributed by atoms with E-state index in [1.807, 2.05) is 6.07 Å². The molecule has 2 atom stereocenters. The van der Waals surface area contributed by atoms with Crippen LogP contribution in [0, 0.1) is 0 Å². The highest BCUT2D eigenvalue weighted by Gasteiger charge is 2.40. The topological polar surface area (TPSA) is 82.1 Å². The minimum absolute atomic E-state index is 0.0514. The number of hydrogen-bond acceptors (Lipinski definition) is 4. The lowest BCUT2D eigenvalue weighted by Gasteiger charge is -2.39. The van der Waals surface area contributed by atoms with Crippen LogP contribution >= 0.6 is 11.6 Å². The van der Waals surface area contributed by atoms with E-state index in [9.17, 15) is 5.11 Å². The first-order valence-electron chi connectivity index (χ1n) is 6.84. The summed E-state index contributed by atoms with van der Waals surface area (Å²) in [5.41, 5.74) is 7.15. The molecule has 1 aromatic rings. The number of rotatable bonds is 2. The average molecular weight is 296 g/mol. The van der Waals surface area contributed by atoms with E-state index in [1.165, 1.54) is 0 Å². The van der Waals surface area contributed by atoms with Crippen molar-refractivity contribution in [3.8, 4) is 0 Å². The van der Waals surface area contributed by atoms with E-state index < -0.39 is 0 Å². The summed E-state index contributed by atoms with van der Waals surface area (Å²) in [5, 5.41) is 22.1. The molecular weight excluding hydrogens is 278 g/mol. The zero-order valence-corrected chi connectivity index (χ0v) is 11.8. The van der Waals surface area contributed by atoms with E-state index in [0.717, 1.165) is 31.4 Å². The molecular formula is C14H18ClN3O2. The lowest BCUT2D eigenvalue weighted by atomic mass is 9.98. The Hall–Kier alpha value is -1.46. The van der Waals surface area contributed by atoms with Gasteiger partial charge in [0.15, 0.2) is 5.84 Å². The highest BCUT2D eigenvalue weighted by Crippen LogP contribution is 2.42. The van der Waals surface area contributed by atoms with E-state index in [0.29, 0.717) is 22.7 Å². The number of hydrogen-bond donors (Lipinski definition) is 3. The Bertz CT molecular complexity index is 535. The van der Waals surface area contributed by atoms with Crippen LogP contribution in [0.4, 0.5) is 5.69 Å². The van der Waals surface area contributed by atoms with Crippen molar-refractivity contribution in [1.29, 1.82) is 0 Å². The van der Waals surface area contributed by atoms with Crippen molar-refractivity contribution in [2.45, 2.75) is 43.9 Å². The minimum Gasteiger partial charge on any atom is -0.409 e. The van der Waals surface area contributed by atoms with Gasteiger partial charge in [-0.05, 0) is 43.9 Å². The molecule has 20 heavy (non-hydrogen) atoms. The third-order valence-corrected chi connectivity index (χ3v) is 4.64. The van der Waals surface area contributed by atoms with Crippen LogP contribution in [0.15, 0.2) is 23.4 Å². The van der Waals surface area contributed by atoms with Gasteiger partial charge in [-0.3, -0.25) is 0 Å². The first-order chi connectivity index (χ1) is 9.60. The summed E-state index contributed by atoms with van der Waals surface area (Å²) in [7, 11) is 0. The fourth-order valence-electron chi connectivity index (χ4n) is 3.48. The number of halogens is 1. The van der Waals surface area contributed by atoms with Gasteiger partial charge < -0.3 is 20.9 Å². The number of nitrogens with two attached hydrogens (primary N) is 1. The standard InChI is InChI=1S/C14H18ClN3O2/c15-12-5-8(14(16)17-20)1-4-13(12)18-9-2-3-10(18)7-11(19)6-9/h1,4-5,9-11,19-20H,2-3,6-7H2,(H2,16,17). The van der Waals surface area contributed by atoms with Crippen molar-refractivity contribution in [1.82, 2.24) is 0 Å². The van der Waals surface area contributed by atoms with Crippen LogP contribution in [-0.4, -0.2) is 34.3 Å². The summed E-state index contributed by atoms with van der Waals surface area (Å²) in [6.45, 7) is 0. The van der Waals surface area contributed by atoms with Crippen LogP contribution in [0.5, 0.6) is 0 Å². The number of oxime groups is 1. The largest absolute Gasteiger partial charge is 0.409 e. The van der Waals surface area contributed by atoms with Crippen LogP contribution in [0.1, 0.15) is 31.2 Å². The molecule has 0 aliphatic carbocycles. The third kappa shape index (κ3) is 2.21. The molecule has 2 fully saturated rings. The maximum absolute atomic E-state index is 9.85. The molecule has 2 bridgehead atoms. The van der Waals surface area contributed by atoms with Crippen LogP contribution in [-0.2, 0) is 0 Å². The van der Waals surface area contributed by atoms with Crippen molar-refractivity contribution in [3.05, 3.63) is 28.8 Å². The van der Waals surface area contributed by atoms with E-state index in [1.54, 1.807) is 12.1 Å². The molecule has 2 aliphatic rings. The number of amidine groups is 1. The van der Waals surface area contributed by atoms with Crippen molar-refractivity contribution < 1.29 is 10.3 Å². The summed E-state index contributed by atoms with van der Waals surface area (Å²) in [5.74, 6) is 0.0514. The molecule has 0 radical (unpaired) electrons. The quantitative estimate of drug-likeness (QED) is 0.337. The first-order valence-corrected chi connectivity index (χ1v) is 7.21. The number of nitrogens with zero attached hydrogens (tertiary/aromatic N) is 2. The van der Waals surface area contributed by atoms with Gasteiger partial charge in [-0.2, -0.15) is 0 Å². The van der Waals surface area contributed by atoms with Gasteiger partial charge in [0.25, 0.3) is 0 Å². The van der Waals surface area contributed by atoms with Gasteiger partial charge in [0.05, 0.1) is 16.8 Å². The Kier molecular flexibility index (Phi) is 3.48. The Morgan fingerprint density at radius 2 is 1.95 bits per heavy atom. The van der Waals surface area contributed by atoms with Gasteiger partial charge in [-0.15, -0.1) is 0 Å². The molecule has 3 rings (SSSR count). The highest BCUT2D eigenvalue weighted by molar-refractivity contribution is 6.33. The van der Waals surface area contributed by atoms with Crippen molar-refractivity contribution >= 4 is 23.1 Å². The maximum atomic E-state index is 9.85. The van der Waals surface area contributed by atoms with Gasteiger partial charge in [-0.25, -0.2) is 0 Å². The fourth-order valence-corrected chi connectivity index (χ4v) is 3.75. The molecule has 2 unspecified atom stereocenters. The Labute approximate surface area is 122 Å². The molecule has 2 saturated heterocycles. The van der Waals surface area contributed by atoms with Crippen molar-refractivity contribution in [3.63, 3.8) is 0 Å². The van der Waals surface area contributed by atoms with Crippen LogP contribution < -0.4 is 10.6 Å². The predicted molar refractivity (Wildman–Crippen MR) is 78.5 cm³/mol. The lowest BCUT2D eigenvalue weighted by Crippen LogP contribution is -2.45. The van der Waals surface area contributed by atoms with Crippen LogP contribution in [0.25, 0.3) is 0 Å². The second-order valence-electron chi connectivity index (χ2n) is 5.57. The molecule has 0 spiro atoms. The molecule has 1 aromatic carbocycles. The normalized spacial score (nSPS) is 29.8. The van der Waals surface area contributed by atoms with Crippen LogP contribution in [0.3, 0.4) is 0 Å². The van der Waals surface area contributed by atoms with Gasteiger partial charge in [-0.1, -0.05) is 16.8 Å². The smallest absolute Gasteiger partial charge is 0.170 e. The van der Waals surface area contributed by atoms with Crippen molar-refractivity contribution in [2.75, 3.05) is 4.90 Å². The second kappa shape index (κ2) is 5.14. The lowest BCUT2D eigenvalue weighted by molar-refractivity contribution is 0.126. The molecule has 0 aromatic heterocycles. The highest BCUT2D eigenvalue weighted by atomic mass is 35.5. The Morgan fingerprint density at radius 3 is 2.50 bits per heavy atom. The number of fused-ring (bicyclic) bond motifs is 2. The van der Waals surface area contributed by atoms with Gasteiger partial charge in [0.1, 0.15) is 0 Å². The molecule has 6 heteroatoms. The molecule has 2 aliphatic heterocycles. The zero-order valence-electron chi connectivity index (χ0n) is 11.0. The summed E-state index contributed by atoms with van der Waals surface area (Å²) in [4.78, 5) is 2.32. The number of piperidine rings is 1. The minimum atomic E-state index is -0.195. The molecule has 108 valence electrons. The molecule has 5 nitrogen and oxygen atoms in total. The van der Waals surface area contributed by atoms with Gasteiger partial charge >= 0.3 is 0 Å². The fraction of sp³-hybridized carbons (Fsp3) is 0.500. The molecule has 2 heterocycles. The van der Waals surface area contributed by atoms with Gasteiger partial charge in [0.2, 0.25) is 0 Å². The van der Waals surface area contributed by atoms with E-state index in [2.05, 4.69) is 10.1 Å². The molecule has 0 amide bonds. The summed E-state index contributed by atoms with van der Waals surface area (Å²) >= 11 is 6.36. The monoisotopic (exact) mass is 295 g/mol. The average Bonchev–Trinajstić information content (AvgIpc) is 2.69. The molecule has 4 N–H and O–H groups in total. The number of aliphatic hydroxyl groups is 1. The number of benzene rings is 1. The zero-order chi connectivity index (χ0) is 14.3. The molecule has 0 saturated carbocycles. The van der Waals surface area contributed by atoms with E-state index in [-0.39, 0.29) is 11.9 Å². The van der Waals surface area contributed by atoms with E-state index >= 15 is 0 Å². The summed E-state index contributed by atoms with van der Waals surface area (Å²) in [6.07, 6.45) is 3.60. The van der Waals surface area contributed by atoms with Crippen LogP contribution in [0.2, 0.25) is 5.02 Å². The second-order valence-corrected chi connectivity index (χ2v) is 5.98. The summed E-state index contributed by atoms with van der Waals surface area (Å²) < 4.78 is 0. The maximum Gasteiger partial charge on any atom is 0.170 e. The third-order valence-electron chi connectivity index (χ3n) is 4.34.